The third-order valence-corrected chi connectivity index (χ3v) is 5.08. The van der Waals surface area contributed by atoms with Gasteiger partial charge in [-0.15, -0.1) is 0 Å². The Morgan fingerprint density at radius 2 is 2.00 bits per heavy atom. The molecule has 0 saturated carbocycles. The first-order chi connectivity index (χ1) is 10.1. The number of carbonyl (C=O) groups is 3. The van der Waals surface area contributed by atoms with Crippen molar-refractivity contribution in [2.45, 2.75) is 51.5 Å². The van der Waals surface area contributed by atoms with Gasteiger partial charge >= 0.3 is 11.9 Å². The van der Waals surface area contributed by atoms with E-state index in [2.05, 4.69) is 0 Å². The molecule has 7 heteroatoms. The van der Waals surface area contributed by atoms with E-state index < -0.39 is 35.2 Å². The molecule has 1 amide bonds. The van der Waals surface area contributed by atoms with E-state index in [1.807, 2.05) is 20.8 Å². The minimum Gasteiger partial charge on any atom is -0.467 e. The van der Waals surface area contributed by atoms with Crippen LogP contribution in [-0.2, 0) is 28.6 Å². The van der Waals surface area contributed by atoms with Crippen LogP contribution in [0.5, 0.6) is 0 Å². The number of esters is 2. The number of hydrogen-bond donors (Lipinski definition) is 0. The van der Waals surface area contributed by atoms with Gasteiger partial charge in [0.1, 0.15) is 6.23 Å². The van der Waals surface area contributed by atoms with Gasteiger partial charge in [-0.1, -0.05) is 20.8 Å². The van der Waals surface area contributed by atoms with Crippen LogP contribution in [0.1, 0.15) is 34.1 Å². The van der Waals surface area contributed by atoms with Crippen molar-refractivity contribution >= 4 is 17.8 Å². The van der Waals surface area contributed by atoms with E-state index in [9.17, 15) is 14.4 Å². The van der Waals surface area contributed by atoms with Crippen LogP contribution in [0.2, 0.25) is 0 Å². The zero-order chi connectivity index (χ0) is 16.5. The maximum atomic E-state index is 12.9. The van der Waals surface area contributed by atoms with Gasteiger partial charge in [0, 0.05) is 5.41 Å². The highest BCUT2D eigenvalue weighted by atomic mass is 16.6. The molecule has 0 radical (unpaired) electrons. The van der Waals surface area contributed by atoms with E-state index in [0.29, 0.717) is 0 Å². The van der Waals surface area contributed by atoms with Crippen LogP contribution < -0.4 is 0 Å². The molecule has 0 N–H and O–H groups in total. The van der Waals surface area contributed by atoms with E-state index >= 15 is 0 Å². The number of ether oxygens (including phenoxy) is 3. The molecule has 0 aromatic rings. The summed E-state index contributed by atoms with van der Waals surface area (Å²) in [6.07, 6.45) is -0.582. The predicted molar refractivity (Wildman–Crippen MR) is 73.4 cm³/mol. The Balaban J connectivity index is 2.17. The number of fused-ring (bicyclic) bond motifs is 3. The van der Waals surface area contributed by atoms with Gasteiger partial charge in [-0.05, 0) is 6.92 Å². The van der Waals surface area contributed by atoms with E-state index in [1.165, 1.54) is 12.0 Å². The van der Waals surface area contributed by atoms with Crippen LogP contribution in [0.4, 0.5) is 0 Å². The average Bonchev–Trinajstić information content (AvgIpc) is 3.00. The van der Waals surface area contributed by atoms with Gasteiger partial charge in [0.05, 0.1) is 26.1 Å². The topological polar surface area (TPSA) is 82.1 Å². The Labute approximate surface area is 128 Å². The standard InChI is InChI=1S/C15H21NO6/c1-13(2,3)11-16-10(18)8-6-9(17)22-14(8,4)15(16,7-21-11)12(19)20-5/h8,11H,6-7H2,1-5H3/t8-,11+,14-,15-/m0/s1. The lowest BCUT2D eigenvalue weighted by molar-refractivity contribution is -0.175. The van der Waals surface area contributed by atoms with Crippen molar-refractivity contribution in [3.8, 4) is 0 Å². The summed E-state index contributed by atoms with van der Waals surface area (Å²) in [5.41, 5.74) is -3.05. The summed E-state index contributed by atoms with van der Waals surface area (Å²) in [5, 5.41) is 0. The van der Waals surface area contributed by atoms with Gasteiger partial charge in [0.15, 0.2) is 5.60 Å². The van der Waals surface area contributed by atoms with Crippen LogP contribution in [0.25, 0.3) is 0 Å². The van der Waals surface area contributed by atoms with Crippen LogP contribution in [-0.4, -0.2) is 53.8 Å². The molecule has 0 aliphatic carbocycles. The summed E-state index contributed by atoms with van der Waals surface area (Å²) in [4.78, 5) is 38.7. The molecule has 3 saturated heterocycles. The van der Waals surface area contributed by atoms with Crippen molar-refractivity contribution in [2.24, 2.45) is 11.3 Å². The fourth-order valence-electron chi connectivity index (χ4n) is 3.97. The summed E-state index contributed by atoms with van der Waals surface area (Å²) in [6.45, 7) is 7.39. The Bertz CT molecular complexity index is 567. The molecule has 3 rings (SSSR count). The second kappa shape index (κ2) is 4.22. The molecule has 0 aromatic carbocycles. The zero-order valence-electron chi connectivity index (χ0n) is 13.5. The Kier molecular flexibility index (Phi) is 2.93. The fourth-order valence-corrected chi connectivity index (χ4v) is 3.97. The minimum absolute atomic E-state index is 0.0125. The van der Waals surface area contributed by atoms with Crippen LogP contribution >= 0.6 is 0 Å². The molecule has 22 heavy (non-hydrogen) atoms. The number of nitrogens with zero attached hydrogens (tertiary/aromatic N) is 1. The van der Waals surface area contributed by atoms with E-state index in [-0.39, 0.29) is 24.3 Å². The third kappa shape index (κ3) is 1.52. The van der Waals surface area contributed by atoms with Crippen LogP contribution in [0.15, 0.2) is 0 Å². The lowest BCUT2D eigenvalue weighted by atomic mass is 9.77. The SMILES string of the molecule is COC(=O)[C@]12CO[C@H](C(C)(C)C)N1C(=O)[C@@H]1CC(=O)O[C@@]12C. The summed E-state index contributed by atoms with van der Waals surface area (Å²) < 4.78 is 16.2. The summed E-state index contributed by atoms with van der Waals surface area (Å²) in [7, 11) is 1.26. The van der Waals surface area contributed by atoms with Crippen LogP contribution in [0.3, 0.4) is 0 Å². The minimum atomic E-state index is -1.41. The first kappa shape index (κ1) is 15.3. The Morgan fingerprint density at radius 3 is 2.55 bits per heavy atom. The quantitative estimate of drug-likeness (QED) is 0.655. The molecule has 3 heterocycles. The molecule has 3 fully saturated rings. The van der Waals surface area contributed by atoms with E-state index in [1.54, 1.807) is 6.92 Å². The molecule has 0 aromatic heterocycles. The highest BCUT2D eigenvalue weighted by Crippen LogP contribution is 2.56. The maximum Gasteiger partial charge on any atom is 0.338 e. The molecule has 122 valence electrons. The molecule has 3 aliphatic rings. The molecule has 3 aliphatic heterocycles. The van der Waals surface area contributed by atoms with Gasteiger partial charge in [-0.2, -0.15) is 0 Å². The monoisotopic (exact) mass is 311 g/mol. The smallest absolute Gasteiger partial charge is 0.338 e. The molecule has 0 spiro atoms. The first-order valence-corrected chi connectivity index (χ1v) is 7.34. The molecular weight excluding hydrogens is 290 g/mol. The summed E-state index contributed by atoms with van der Waals surface area (Å²) in [5.74, 6) is -2.03. The Morgan fingerprint density at radius 1 is 1.36 bits per heavy atom. The van der Waals surface area contributed by atoms with Crippen LogP contribution in [0, 0.1) is 11.3 Å². The predicted octanol–water partition coefficient (Wildman–Crippen LogP) is 0.465. The van der Waals surface area contributed by atoms with Crippen molar-refractivity contribution in [1.82, 2.24) is 4.90 Å². The maximum absolute atomic E-state index is 12.9. The number of carbonyl (C=O) groups excluding carboxylic acids is 3. The number of hydrogen-bond acceptors (Lipinski definition) is 6. The van der Waals surface area contributed by atoms with Crippen molar-refractivity contribution < 1.29 is 28.6 Å². The van der Waals surface area contributed by atoms with Gasteiger partial charge in [-0.25, -0.2) is 4.79 Å². The number of amides is 1. The van der Waals surface area contributed by atoms with Crippen molar-refractivity contribution in [2.75, 3.05) is 13.7 Å². The third-order valence-electron chi connectivity index (χ3n) is 5.08. The molecular formula is C15H21NO6. The molecule has 4 atom stereocenters. The normalized spacial score (nSPS) is 40.5. The van der Waals surface area contributed by atoms with Gasteiger partial charge in [-0.3, -0.25) is 14.5 Å². The number of rotatable bonds is 1. The number of methoxy groups -OCH3 is 1. The lowest BCUT2D eigenvalue weighted by Crippen LogP contribution is -2.64. The zero-order valence-corrected chi connectivity index (χ0v) is 13.5. The second-order valence-corrected chi connectivity index (χ2v) is 7.43. The van der Waals surface area contributed by atoms with Crippen molar-refractivity contribution in [3.05, 3.63) is 0 Å². The van der Waals surface area contributed by atoms with Crippen molar-refractivity contribution in [3.63, 3.8) is 0 Å². The largest absolute Gasteiger partial charge is 0.467 e. The first-order valence-electron chi connectivity index (χ1n) is 7.34. The lowest BCUT2D eigenvalue weighted by Gasteiger charge is -2.40. The van der Waals surface area contributed by atoms with E-state index in [0.717, 1.165) is 0 Å². The fraction of sp³-hybridized carbons (Fsp3) is 0.800. The van der Waals surface area contributed by atoms with E-state index in [4.69, 9.17) is 14.2 Å². The van der Waals surface area contributed by atoms with Gasteiger partial charge in [0.2, 0.25) is 11.4 Å². The van der Waals surface area contributed by atoms with Gasteiger partial charge in [0.25, 0.3) is 0 Å². The summed E-state index contributed by atoms with van der Waals surface area (Å²) >= 11 is 0. The molecule has 0 bridgehead atoms. The highest BCUT2D eigenvalue weighted by Gasteiger charge is 2.79. The van der Waals surface area contributed by atoms with Gasteiger partial charge < -0.3 is 14.2 Å². The summed E-state index contributed by atoms with van der Waals surface area (Å²) in [6, 6.07) is 0. The highest BCUT2D eigenvalue weighted by molar-refractivity contribution is 6.00. The molecule has 7 nitrogen and oxygen atoms in total. The molecule has 0 unspecified atom stereocenters. The Hall–Kier alpha value is -1.63. The second-order valence-electron chi connectivity index (χ2n) is 7.43. The van der Waals surface area contributed by atoms with Crippen molar-refractivity contribution in [1.29, 1.82) is 0 Å². The average molecular weight is 311 g/mol.